The summed E-state index contributed by atoms with van der Waals surface area (Å²) in [6, 6.07) is 4.13. The number of hydrogen-bond donors (Lipinski definition) is 2. The summed E-state index contributed by atoms with van der Waals surface area (Å²) in [5, 5.41) is 0. The molecule has 8 heteroatoms. The van der Waals surface area contributed by atoms with Crippen LogP contribution in [0.1, 0.15) is 5.56 Å². The molecule has 0 atom stereocenters. The summed E-state index contributed by atoms with van der Waals surface area (Å²) in [4.78, 5) is 7.05. The Hall–Kier alpha value is -2.22. The SMILES string of the molecule is Cc1c(F)cccc1NS(=O)(=O)c1cnc(N)nc1. The Balaban J connectivity index is 2.36. The van der Waals surface area contributed by atoms with E-state index in [9.17, 15) is 12.8 Å². The molecule has 0 saturated heterocycles. The highest BCUT2D eigenvalue weighted by molar-refractivity contribution is 7.92. The van der Waals surface area contributed by atoms with Gasteiger partial charge in [-0.15, -0.1) is 0 Å². The van der Waals surface area contributed by atoms with E-state index in [2.05, 4.69) is 14.7 Å². The molecular weight excluding hydrogens is 271 g/mol. The van der Waals surface area contributed by atoms with Gasteiger partial charge in [-0.25, -0.2) is 22.8 Å². The Morgan fingerprint density at radius 2 is 1.89 bits per heavy atom. The first-order valence-electron chi connectivity index (χ1n) is 5.25. The number of hydrogen-bond acceptors (Lipinski definition) is 5. The zero-order valence-corrected chi connectivity index (χ0v) is 10.8. The Morgan fingerprint density at radius 1 is 1.26 bits per heavy atom. The standard InChI is InChI=1S/C11H11FN4O2S/c1-7-9(12)3-2-4-10(7)16-19(17,18)8-5-14-11(13)15-6-8/h2-6,16H,1H3,(H2,13,14,15). The molecule has 19 heavy (non-hydrogen) atoms. The van der Waals surface area contributed by atoms with Gasteiger partial charge in [-0.05, 0) is 19.1 Å². The second-order valence-electron chi connectivity index (χ2n) is 3.79. The number of nitrogens with zero attached hydrogens (tertiary/aromatic N) is 2. The summed E-state index contributed by atoms with van der Waals surface area (Å²) < 4.78 is 39.7. The minimum atomic E-state index is -3.87. The molecule has 0 radical (unpaired) electrons. The molecule has 100 valence electrons. The molecule has 0 bridgehead atoms. The summed E-state index contributed by atoms with van der Waals surface area (Å²) in [5.74, 6) is -0.519. The first-order valence-corrected chi connectivity index (χ1v) is 6.74. The minimum Gasteiger partial charge on any atom is -0.368 e. The molecule has 0 aliphatic rings. The minimum absolute atomic E-state index is 0.0270. The van der Waals surface area contributed by atoms with Gasteiger partial charge in [0.1, 0.15) is 10.7 Å². The van der Waals surface area contributed by atoms with E-state index >= 15 is 0 Å². The van der Waals surface area contributed by atoms with Gasteiger partial charge in [-0.2, -0.15) is 0 Å². The summed E-state index contributed by atoms with van der Waals surface area (Å²) in [5.41, 5.74) is 5.65. The Labute approximate surface area is 109 Å². The number of halogens is 1. The van der Waals surface area contributed by atoms with Crippen LogP contribution in [0.4, 0.5) is 16.0 Å². The lowest BCUT2D eigenvalue weighted by molar-refractivity contribution is 0.600. The second-order valence-corrected chi connectivity index (χ2v) is 5.48. The summed E-state index contributed by atoms with van der Waals surface area (Å²) in [6.07, 6.45) is 2.17. The van der Waals surface area contributed by atoms with Gasteiger partial charge >= 0.3 is 0 Å². The van der Waals surface area contributed by atoms with Crippen molar-refractivity contribution in [1.29, 1.82) is 0 Å². The van der Waals surface area contributed by atoms with Crippen LogP contribution in [0.15, 0.2) is 35.5 Å². The fraction of sp³-hybridized carbons (Fsp3) is 0.0909. The van der Waals surface area contributed by atoms with Crippen LogP contribution in [-0.4, -0.2) is 18.4 Å². The molecule has 2 aromatic rings. The summed E-state index contributed by atoms with van der Waals surface area (Å²) in [6.45, 7) is 1.48. The highest BCUT2D eigenvalue weighted by Crippen LogP contribution is 2.21. The van der Waals surface area contributed by atoms with Gasteiger partial charge < -0.3 is 5.73 Å². The van der Waals surface area contributed by atoms with E-state index in [0.29, 0.717) is 0 Å². The topological polar surface area (TPSA) is 98.0 Å². The molecule has 0 amide bonds. The Bertz CT molecular complexity index is 701. The quantitative estimate of drug-likeness (QED) is 0.884. The second kappa shape index (κ2) is 4.81. The van der Waals surface area contributed by atoms with Crippen molar-refractivity contribution >= 4 is 21.7 Å². The molecule has 0 fully saturated rings. The van der Waals surface area contributed by atoms with Crippen LogP contribution in [0.25, 0.3) is 0 Å². The maximum absolute atomic E-state index is 13.3. The Morgan fingerprint density at radius 3 is 2.53 bits per heavy atom. The normalized spacial score (nSPS) is 11.3. The molecule has 1 aromatic carbocycles. The predicted molar refractivity (Wildman–Crippen MR) is 68.4 cm³/mol. The third-order valence-corrected chi connectivity index (χ3v) is 3.79. The molecule has 0 saturated carbocycles. The van der Waals surface area contributed by atoms with Crippen LogP contribution in [0.3, 0.4) is 0 Å². The van der Waals surface area contributed by atoms with Gasteiger partial charge in [0.05, 0.1) is 18.1 Å². The smallest absolute Gasteiger partial charge is 0.264 e. The average molecular weight is 282 g/mol. The zero-order chi connectivity index (χ0) is 14.0. The molecular formula is C11H11FN4O2S. The summed E-state index contributed by atoms with van der Waals surface area (Å²) >= 11 is 0. The predicted octanol–water partition coefficient (Wildman–Crippen LogP) is 1.31. The number of nitrogens with two attached hydrogens (primary N) is 1. The van der Waals surface area contributed by atoms with E-state index in [1.165, 1.54) is 25.1 Å². The van der Waals surface area contributed by atoms with E-state index in [0.717, 1.165) is 12.4 Å². The van der Waals surface area contributed by atoms with E-state index in [1.54, 1.807) is 0 Å². The molecule has 0 aliphatic carbocycles. The summed E-state index contributed by atoms with van der Waals surface area (Å²) in [7, 11) is -3.87. The van der Waals surface area contributed by atoms with Crippen molar-refractivity contribution in [2.45, 2.75) is 11.8 Å². The number of aromatic nitrogens is 2. The molecule has 6 nitrogen and oxygen atoms in total. The number of anilines is 2. The number of nitrogen functional groups attached to an aromatic ring is 1. The molecule has 0 unspecified atom stereocenters. The van der Waals surface area contributed by atoms with Crippen LogP contribution in [0.2, 0.25) is 0 Å². The van der Waals surface area contributed by atoms with Crippen LogP contribution >= 0.6 is 0 Å². The first kappa shape index (κ1) is 13.2. The van der Waals surface area contributed by atoms with E-state index < -0.39 is 15.8 Å². The van der Waals surface area contributed by atoms with Crippen LogP contribution in [0.5, 0.6) is 0 Å². The third kappa shape index (κ3) is 2.79. The average Bonchev–Trinajstić information content (AvgIpc) is 2.35. The lowest BCUT2D eigenvalue weighted by Crippen LogP contribution is -2.15. The highest BCUT2D eigenvalue weighted by atomic mass is 32.2. The van der Waals surface area contributed by atoms with Gasteiger partial charge in [-0.1, -0.05) is 6.07 Å². The van der Waals surface area contributed by atoms with E-state index in [-0.39, 0.29) is 22.1 Å². The lowest BCUT2D eigenvalue weighted by Gasteiger charge is -2.10. The number of sulfonamides is 1. The van der Waals surface area contributed by atoms with Crippen molar-refractivity contribution in [3.05, 3.63) is 42.0 Å². The maximum Gasteiger partial charge on any atom is 0.264 e. The van der Waals surface area contributed by atoms with Crippen molar-refractivity contribution in [3.63, 3.8) is 0 Å². The fourth-order valence-corrected chi connectivity index (χ4v) is 2.40. The van der Waals surface area contributed by atoms with Crippen molar-refractivity contribution < 1.29 is 12.8 Å². The number of benzene rings is 1. The Kier molecular flexibility index (Phi) is 3.34. The lowest BCUT2D eigenvalue weighted by atomic mass is 10.2. The third-order valence-electron chi connectivity index (χ3n) is 2.47. The van der Waals surface area contributed by atoms with Crippen LogP contribution in [0, 0.1) is 12.7 Å². The van der Waals surface area contributed by atoms with Crippen molar-refractivity contribution in [2.75, 3.05) is 10.5 Å². The number of nitrogens with one attached hydrogen (secondary N) is 1. The number of rotatable bonds is 3. The van der Waals surface area contributed by atoms with Crippen molar-refractivity contribution in [2.24, 2.45) is 0 Å². The first-order chi connectivity index (χ1) is 8.90. The molecule has 1 heterocycles. The van der Waals surface area contributed by atoms with Gasteiger partial charge in [-0.3, -0.25) is 4.72 Å². The largest absolute Gasteiger partial charge is 0.368 e. The van der Waals surface area contributed by atoms with Crippen LogP contribution < -0.4 is 10.5 Å². The van der Waals surface area contributed by atoms with Gasteiger partial charge in [0, 0.05) is 5.56 Å². The molecule has 1 aromatic heterocycles. The molecule has 0 aliphatic heterocycles. The van der Waals surface area contributed by atoms with Gasteiger partial charge in [0.15, 0.2) is 0 Å². The molecule has 3 N–H and O–H groups in total. The fourth-order valence-electron chi connectivity index (χ4n) is 1.39. The van der Waals surface area contributed by atoms with Gasteiger partial charge in [0.2, 0.25) is 5.95 Å². The van der Waals surface area contributed by atoms with Crippen molar-refractivity contribution in [1.82, 2.24) is 9.97 Å². The monoisotopic (exact) mass is 282 g/mol. The van der Waals surface area contributed by atoms with Crippen LogP contribution in [-0.2, 0) is 10.0 Å². The molecule has 0 spiro atoms. The molecule has 2 rings (SSSR count). The van der Waals surface area contributed by atoms with E-state index in [4.69, 9.17) is 5.73 Å². The maximum atomic E-state index is 13.3. The zero-order valence-electron chi connectivity index (χ0n) is 9.96. The highest BCUT2D eigenvalue weighted by Gasteiger charge is 2.17. The van der Waals surface area contributed by atoms with Crippen molar-refractivity contribution in [3.8, 4) is 0 Å². The van der Waals surface area contributed by atoms with E-state index in [1.807, 2.05) is 0 Å². The van der Waals surface area contributed by atoms with Gasteiger partial charge in [0.25, 0.3) is 10.0 Å².